The molecular formula is C13H13ClO4. The third-order valence-electron chi connectivity index (χ3n) is 2.39. The highest BCUT2D eigenvalue weighted by Crippen LogP contribution is 2.14. The van der Waals surface area contributed by atoms with Crippen LogP contribution in [0, 0.1) is 5.92 Å². The smallest absolute Gasteiger partial charge is 0.375 e. The van der Waals surface area contributed by atoms with Gasteiger partial charge in [-0.2, -0.15) is 0 Å². The van der Waals surface area contributed by atoms with Gasteiger partial charge in [0.05, 0.1) is 12.5 Å². The Bertz CT molecular complexity index is 464. The lowest BCUT2D eigenvalue weighted by molar-refractivity contribution is -0.154. The van der Waals surface area contributed by atoms with Gasteiger partial charge in [0.2, 0.25) is 0 Å². The van der Waals surface area contributed by atoms with E-state index in [4.69, 9.17) is 11.6 Å². The molecule has 0 aliphatic rings. The summed E-state index contributed by atoms with van der Waals surface area (Å²) < 4.78 is 4.57. The van der Waals surface area contributed by atoms with Crippen LogP contribution in [-0.4, -0.2) is 24.1 Å². The Morgan fingerprint density at radius 1 is 1.22 bits per heavy atom. The third kappa shape index (κ3) is 3.40. The number of rotatable bonds is 5. The van der Waals surface area contributed by atoms with Crippen molar-refractivity contribution in [1.82, 2.24) is 0 Å². The first-order valence-corrected chi connectivity index (χ1v) is 5.86. The number of ether oxygens (including phenoxy) is 1. The van der Waals surface area contributed by atoms with Crippen LogP contribution in [-0.2, 0) is 14.3 Å². The molecular weight excluding hydrogens is 256 g/mol. The van der Waals surface area contributed by atoms with Crippen LogP contribution in [0.3, 0.4) is 0 Å². The van der Waals surface area contributed by atoms with Crippen molar-refractivity contribution in [3.63, 3.8) is 0 Å². The Labute approximate surface area is 110 Å². The Morgan fingerprint density at radius 3 is 2.28 bits per heavy atom. The van der Waals surface area contributed by atoms with Crippen molar-refractivity contribution < 1.29 is 19.1 Å². The lowest BCUT2D eigenvalue weighted by Gasteiger charge is -2.08. The minimum absolute atomic E-state index is 0.104. The molecule has 1 rings (SSSR count). The van der Waals surface area contributed by atoms with E-state index < -0.39 is 23.5 Å². The molecule has 0 aromatic heterocycles. The fourth-order valence-electron chi connectivity index (χ4n) is 1.36. The number of carbonyl (C=O) groups is 3. The number of hydrogen-bond acceptors (Lipinski definition) is 4. The van der Waals surface area contributed by atoms with E-state index in [1.807, 2.05) is 0 Å². The number of ketones is 2. The number of halogens is 1. The molecule has 0 saturated carbocycles. The van der Waals surface area contributed by atoms with E-state index in [1.165, 1.54) is 19.1 Å². The van der Waals surface area contributed by atoms with Crippen LogP contribution in [0.4, 0.5) is 0 Å². The Kier molecular flexibility index (Phi) is 5.04. The van der Waals surface area contributed by atoms with Crippen molar-refractivity contribution in [1.29, 1.82) is 0 Å². The van der Waals surface area contributed by atoms with Gasteiger partial charge < -0.3 is 4.74 Å². The van der Waals surface area contributed by atoms with Crippen LogP contribution in [0.15, 0.2) is 24.3 Å². The second-order valence-electron chi connectivity index (χ2n) is 3.68. The van der Waals surface area contributed by atoms with Crippen LogP contribution in [0.5, 0.6) is 0 Å². The van der Waals surface area contributed by atoms with E-state index in [1.54, 1.807) is 19.1 Å². The number of esters is 1. The molecule has 1 aromatic carbocycles. The van der Waals surface area contributed by atoms with E-state index in [0.717, 1.165) is 0 Å². The summed E-state index contributed by atoms with van der Waals surface area (Å²) in [6.45, 7) is 3.08. The van der Waals surface area contributed by atoms with Gasteiger partial charge in [-0.15, -0.1) is 0 Å². The highest BCUT2D eigenvalue weighted by atomic mass is 35.5. The topological polar surface area (TPSA) is 60.4 Å². The molecule has 4 nitrogen and oxygen atoms in total. The maximum atomic E-state index is 11.9. The van der Waals surface area contributed by atoms with Crippen molar-refractivity contribution in [2.24, 2.45) is 5.92 Å². The van der Waals surface area contributed by atoms with Crippen LogP contribution < -0.4 is 0 Å². The number of carbonyl (C=O) groups excluding carboxylic acids is 3. The lowest BCUT2D eigenvalue weighted by Crippen LogP contribution is -2.29. The zero-order valence-electron chi connectivity index (χ0n) is 10.1. The summed E-state index contributed by atoms with van der Waals surface area (Å²) in [4.78, 5) is 34.8. The van der Waals surface area contributed by atoms with Crippen molar-refractivity contribution in [3.05, 3.63) is 34.9 Å². The molecule has 0 aliphatic carbocycles. The minimum Gasteiger partial charge on any atom is -0.460 e. The summed E-state index contributed by atoms with van der Waals surface area (Å²) in [5.74, 6) is -3.29. The predicted molar refractivity (Wildman–Crippen MR) is 66.6 cm³/mol. The van der Waals surface area contributed by atoms with Crippen molar-refractivity contribution in [3.8, 4) is 0 Å². The standard InChI is InChI=1S/C13H13ClO4/c1-3-18-13(17)12(16)8(2)11(15)9-4-6-10(14)7-5-9/h4-8H,3H2,1-2H3/t8-/m1/s1. The SMILES string of the molecule is CCOC(=O)C(=O)[C@H](C)C(=O)c1ccc(Cl)cc1. The quantitative estimate of drug-likeness (QED) is 0.356. The minimum atomic E-state index is -1.05. The van der Waals surface area contributed by atoms with Gasteiger partial charge in [0.15, 0.2) is 5.78 Å². The third-order valence-corrected chi connectivity index (χ3v) is 2.64. The number of benzene rings is 1. The van der Waals surface area contributed by atoms with Gasteiger partial charge in [0.1, 0.15) is 0 Å². The molecule has 1 aromatic rings. The summed E-state index contributed by atoms with van der Waals surface area (Å²) in [7, 11) is 0. The molecule has 0 aliphatic heterocycles. The second kappa shape index (κ2) is 6.31. The maximum absolute atomic E-state index is 11.9. The maximum Gasteiger partial charge on any atom is 0.375 e. The molecule has 0 fully saturated rings. The lowest BCUT2D eigenvalue weighted by atomic mass is 9.95. The van der Waals surface area contributed by atoms with Gasteiger partial charge in [-0.1, -0.05) is 11.6 Å². The predicted octanol–water partition coefficient (Wildman–Crippen LogP) is 2.29. The second-order valence-corrected chi connectivity index (χ2v) is 4.11. The molecule has 0 N–H and O–H groups in total. The van der Waals surface area contributed by atoms with Crippen molar-refractivity contribution in [2.45, 2.75) is 13.8 Å². The number of hydrogen-bond donors (Lipinski definition) is 0. The number of Topliss-reactive ketones (excluding diaryl/α,β-unsaturated/α-hetero) is 2. The molecule has 1 atom stereocenters. The Balaban J connectivity index is 2.81. The molecule has 0 amide bonds. The van der Waals surface area contributed by atoms with Crippen LogP contribution >= 0.6 is 11.6 Å². The van der Waals surface area contributed by atoms with Gasteiger partial charge in [0.25, 0.3) is 5.78 Å². The highest BCUT2D eigenvalue weighted by molar-refractivity contribution is 6.39. The van der Waals surface area contributed by atoms with E-state index >= 15 is 0 Å². The zero-order chi connectivity index (χ0) is 13.7. The first kappa shape index (κ1) is 14.4. The average Bonchev–Trinajstić information content (AvgIpc) is 2.37. The van der Waals surface area contributed by atoms with Gasteiger partial charge in [-0.25, -0.2) is 4.79 Å². The fourth-order valence-corrected chi connectivity index (χ4v) is 1.49. The molecule has 0 heterocycles. The van der Waals surface area contributed by atoms with Crippen molar-refractivity contribution in [2.75, 3.05) is 6.61 Å². The molecule has 0 radical (unpaired) electrons. The van der Waals surface area contributed by atoms with Gasteiger partial charge in [-0.05, 0) is 38.1 Å². The van der Waals surface area contributed by atoms with Gasteiger partial charge >= 0.3 is 5.97 Å². The Morgan fingerprint density at radius 2 is 1.78 bits per heavy atom. The molecule has 96 valence electrons. The molecule has 0 saturated heterocycles. The van der Waals surface area contributed by atoms with E-state index in [2.05, 4.69) is 4.74 Å². The summed E-state index contributed by atoms with van der Waals surface area (Å²) in [5.41, 5.74) is 0.338. The summed E-state index contributed by atoms with van der Waals surface area (Å²) in [6, 6.07) is 6.13. The van der Waals surface area contributed by atoms with Crippen LogP contribution in [0.2, 0.25) is 5.02 Å². The first-order valence-electron chi connectivity index (χ1n) is 5.48. The van der Waals surface area contributed by atoms with E-state index in [9.17, 15) is 14.4 Å². The summed E-state index contributed by atoms with van der Waals surface area (Å²) in [5, 5.41) is 0.496. The molecule has 0 unspecified atom stereocenters. The molecule has 5 heteroatoms. The normalized spacial score (nSPS) is 11.7. The fraction of sp³-hybridized carbons (Fsp3) is 0.308. The largest absolute Gasteiger partial charge is 0.460 e. The zero-order valence-corrected chi connectivity index (χ0v) is 10.9. The van der Waals surface area contributed by atoms with Gasteiger partial charge in [-0.3, -0.25) is 9.59 Å². The summed E-state index contributed by atoms with van der Waals surface area (Å²) >= 11 is 5.70. The van der Waals surface area contributed by atoms with Crippen molar-refractivity contribution >= 4 is 29.1 Å². The molecule has 18 heavy (non-hydrogen) atoms. The van der Waals surface area contributed by atoms with E-state index in [0.29, 0.717) is 10.6 Å². The Hall–Kier alpha value is -1.68. The van der Waals surface area contributed by atoms with Crippen LogP contribution in [0.1, 0.15) is 24.2 Å². The highest BCUT2D eigenvalue weighted by Gasteiger charge is 2.29. The summed E-state index contributed by atoms with van der Waals surface area (Å²) in [6.07, 6.45) is 0. The first-order chi connectivity index (χ1) is 8.47. The molecule has 0 spiro atoms. The average molecular weight is 269 g/mol. The van der Waals surface area contributed by atoms with Gasteiger partial charge in [0, 0.05) is 10.6 Å². The van der Waals surface area contributed by atoms with Crippen LogP contribution in [0.25, 0.3) is 0 Å². The molecule has 0 bridgehead atoms. The van der Waals surface area contributed by atoms with E-state index in [-0.39, 0.29) is 6.61 Å². The monoisotopic (exact) mass is 268 g/mol.